The molecular formula is C17H16ClFN2O3S. The van der Waals surface area contributed by atoms with Crippen molar-refractivity contribution < 1.29 is 14.3 Å². The average Bonchev–Trinajstić information content (AvgIpc) is 3.41. The summed E-state index contributed by atoms with van der Waals surface area (Å²) in [6.45, 7) is 1.38. The van der Waals surface area contributed by atoms with Crippen molar-refractivity contribution in [3.63, 3.8) is 0 Å². The summed E-state index contributed by atoms with van der Waals surface area (Å²) in [5, 5.41) is 9.53. The molecule has 25 heavy (non-hydrogen) atoms. The summed E-state index contributed by atoms with van der Waals surface area (Å²) in [6.07, 6.45) is 3.13. The second-order valence-electron chi connectivity index (χ2n) is 6.33. The number of hydrogen-bond acceptors (Lipinski definition) is 4. The standard InChI is InChI=1S/C17H16ClFN2O3S/c18-13-14-10(7-12(19)15(13)20-3-5-25-6-4-20)16(22)11(17(23)24)8-21(14)9-1-2-9/h7-9H,1-6H2,(H,23,24). The zero-order chi connectivity index (χ0) is 17.7. The maximum atomic E-state index is 14.8. The molecule has 1 saturated heterocycles. The fraction of sp³-hybridized carbons (Fsp3) is 0.412. The van der Waals surface area contributed by atoms with Crippen LogP contribution in [0.1, 0.15) is 29.2 Å². The molecule has 1 aliphatic heterocycles. The molecule has 0 bridgehead atoms. The van der Waals surface area contributed by atoms with Crippen molar-refractivity contribution in [3.8, 4) is 0 Å². The number of anilines is 1. The Hall–Kier alpha value is -1.73. The summed E-state index contributed by atoms with van der Waals surface area (Å²) in [5.74, 6) is -0.108. The van der Waals surface area contributed by atoms with Crippen molar-refractivity contribution in [2.75, 3.05) is 29.5 Å². The van der Waals surface area contributed by atoms with E-state index >= 15 is 0 Å². The van der Waals surface area contributed by atoms with E-state index in [4.69, 9.17) is 11.6 Å². The number of carboxylic acids is 1. The Kier molecular flexibility index (Phi) is 4.16. The fourth-order valence-corrected chi connectivity index (χ4v) is 4.61. The Bertz CT molecular complexity index is 936. The lowest BCUT2D eigenvalue weighted by Crippen LogP contribution is -2.33. The normalized spacial score (nSPS) is 17.9. The molecule has 132 valence electrons. The molecule has 5 nitrogen and oxygen atoms in total. The predicted octanol–water partition coefficient (Wildman–Crippen LogP) is 3.38. The minimum Gasteiger partial charge on any atom is -0.477 e. The largest absolute Gasteiger partial charge is 0.477 e. The van der Waals surface area contributed by atoms with Gasteiger partial charge in [0.1, 0.15) is 11.4 Å². The number of pyridine rings is 1. The highest BCUT2D eigenvalue weighted by Gasteiger charge is 2.30. The van der Waals surface area contributed by atoms with Gasteiger partial charge < -0.3 is 14.6 Å². The van der Waals surface area contributed by atoms with Gasteiger partial charge in [-0.2, -0.15) is 11.8 Å². The second-order valence-corrected chi connectivity index (χ2v) is 7.93. The van der Waals surface area contributed by atoms with Crippen LogP contribution in [0.2, 0.25) is 5.02 Å². The van der Waals surface area contributed by atoms with Crippen LogP contribution in [-0.2, 0) is 0 Å². The van der Waals surface area contributed by atoms with E-state index in [2.05, 4.69) is 0 Å². The van der Waals surface area contributed by atoms with Crippen LogP contribution in [0.25, 0.3) is 10.9 Å². The van der Waals surface area contributed by atoms with Gasteiger partial charge in [-0.05, 0) is 18.9 Å². The van der Waals surface area contributed by atoms with Crippen LogP contribution >= 0.6 is 23.4 Å². The molecule has 1 saturated carbocycles. The number of carboxylic acid groups (broad SMARTS) is 1. The van der Waals surface area contributed by atoms with E-state index in [9.17, 15) is 19.1 Å². The fourth-order valence-electron chi connectivity index (χ4n) is 3.30. The number of hydrogen-bond donors (Lipinski definition) is 1. The molecule has 2 fully saturated rings. The van der Waals surface area contributed by atoms with Crippen LogP contribution in [-0.4, -0.2) is 40.2 Å². The Morgan fingerprint density at radius 1 is 1.32 bits per heavy atom. The van der Waals surface area contributed by atoms with E-state index in [0.717, 1.165) is 30.4 Å². The first-order valence-corrected chi connectivity index (χ1v) is 9.65. The minimum absolute atomic E-state index is 0.0319. The number of thioether (sulfide) groups is 1. The molecular weight excluding hydrogens is 367 g/mol. The van der Waals surface area contributed by atoms with Crippen LogP contribution in [0.15, 0.2) is 17.1 Å². The molecule has 1 N–H and O–H groups in total. The second kappa shape index (κ2) is 6.21. The molecule has 4 rings (SSSR count). The van der Waals surface area contributed by atoms with Gasteiger partial charge in [-0.3, -0.25) is 4.79 Å². The summed E-state index contributed by atoms with van der Waals surface area (Å²) in [4.78, 5) is 25.8. The summed E-state index contributed by atoms with van der Waals surface area (Å²) in [7, 11) is 0. The maximum Gasteiger partial charge on any atom is 0.341 e. The molecule has 0 radical (unpaired) electrons. The summed E-state index contributed by atoms with van der Waals surface area (Å²) in [5.41, 5.74) is -0.293. The zero-order valence-electron chi connectivity index (χ0n) is 13.3. The van der Waals surface area contributed by atoms with Gasteiger partial charge in [-0.15, -0.1) is 0 Å². The smallest absolute Gasteiger partial charge is 0.341 e. The number of nitrogens with zero attached hydrogens (tertiary/aromatic N) is 2. The van der Waals surface area contributed by atoms with Crippen molar-refractivity contribution >= 4 is 45.9 Å². The number of halogens is 2. The van der Waals surface area contributed by atoms with Crippen molar-refractivity contribution in [1.29, 1.82) is 0 Å². The number of carbonyl (C=O) groups is 1. The number of aromatic nitrogens is 1. The summed E-state index contributed by atoms with van der Waals surface area (Å²) < 4.78 is 16.5. The van der Waals surface area contributed by atoms with E-state index in [-0.39, 0.29) is 22.0 Å². The van der Waals surface area contributed by atoms with Gasteiger partial charge >= 0.3 is 5.97 Å². The van der Waals surface area contributed by atoms with Crippen LogP contribution in [0.3, 0.4) is 0 Å². The highest BCUT2D eigenvalue weighted by atomic mass is 35.5. The third-order valence-corrected chi connectivity index (χ3v) is 5.98. The van der Waals surface area contributed by atoms with Gasteiger partial charge in [-0.1, -0.05) is 11.6 Å². The van der Waals surface area contributed by atoms with Crippen LogP contribution in [0.4, 0.5) is 10.1 Å². The van der Waals surface area contributed by atoms with Gasteiger partial charge in [0.25, 0.3) is 0 Å². The number of aromatic carboxylic acids is 1. The zero-order valence-corrected chi connectivity index (χ0v) is 14.9. The highest BCUT2D eigenvalue weighted by molar-refractivity contribution is 7.99. The van der Waals surface area contributed by atoms with E-state index in [1.165, 1.54) is 6.20 Å². The van der Waals surface area contributed by atoms with Crippen LogP contribution < -0.4 is 10.3 Å². The van der Waals surface area contributed by atoms with Crippen molar-refractivity contribution in [3.05, 3.63) is 38.9 Å². The molecule has 8 heteroatoms. The molecule has 0 spiro atoms. The van der Waals surface area contributed by atoms with E-state index in [1.54, 1.807) is 16.3 Å². The first-order valence-electron chi connectivity index (χ1n) is 8.12. The highest BCUT2D eigenvalue weighted by Crippen LogP contribution is 2.42. The Labute approximate surface area is 152 Å². The van der Waals surface area contributed by atoms with Gasteiger partial charge in [0.05, 0.1) is 21.6 Å². The first kappa shape index (κ1) is 16.7. The lowest BCUT2D eigenvalue weighted by atomic mass is 10.1. The maximum absolute atomic E-state index is 14.8. The molecule has 0 amide bonds. The van der Waals surface area contributed by atoms with E-state index in [0.29, 0.717) is 24.3 Å². The van der Waals surface area contributed by atoms with E-state index in [1.807, 2.05) is 4.90 Å². The van der Waals surface area contributed by atoms with Gasteiger partial charge in [-0.25, -0.2) is 9.18 Å². The minimum atomic E-state index is -1.31. The SMILES string of the molecule is O=C(O)c1cn(C2CC2)c2c(Cl)c(N3CCSCC3)c(F)cc2c1=O. The Morgan fingerprint density at radius 3 is 2.60 bits per heavy atom. The third-order valence-electron chi connectivity index (χ3n) is 4.68. The molecule has 2 heterocycles. The Balaban J connectivity index is 2.02. The monoisotopic (exact) mass is 382 g/mol. The summed E-state index contributed by atoms with van der Waals surface area (Å²) in [6, 6.07) is 1.25. The number of fused-ring (bicyclic) bond motifs is 1. The van der Waals surface area contributed by atoms with Gasteiger partial charge in [0.15, 0.2) is 0 Å². The molecule has 0 unspecified atom stereocenters. The first-order chi connectivity index (χ1) is 12.0. The summed E-state index contributed by atoms with van der Waals surface area (Å²) >= 11 is 8.37. The van der Waals surface area contributed by atoms with Gasteiger partial charge in [0.2, 0.25) is 5.43 Å². The molecule has 2 aromatic rings. The topological polar surface area (TPSA) is 62.5 Å². The van der Waals surface area contributed by atoms with Gasteiger partial charge in [0, 0.05) is 36.8 Å². The lowest BCUT2D eigenvalue weighted by Gasteiger charge is -2.30. The lowest BCUT2D eigenvalue weighted by molar-refractivity contribution is 0.0695. The molecule has 1 aromatic heterocycles. The molecule has 1 aromatic carbocycles. The average molecular weight is 383 g/mol. The molecule has 2 aliphatic rings. The Morgan fingerprint density at radius 2 is 2.00 bits per heavy atom. The van der Waals surface area contributed by atoms with Crippen molar-refractivity contribution in [1.82, 2.24) is 4.57 Å². The predicted molar refractivity (Wildman–Crippen MR) is 97.9 cm³/mol. The molecule has 1 aliphatic carbocycles. The number of benzene rings is 1. The number of rotatable bonds is 3. The third kappa shape index (κ3) is 2.79. The molecule has 0 atom stereocenters. The van der Waals surface area contributed by atoms with Crippen LogP contribution in [0, 0.1) is 5.82 Å². The quantitative estimate of drug-likeness (QED) is 0.881. The van der Waals surface area contributed by atoms with E-state index < -0.39 is 17.2 Å². The van der Waals surface area contributed by atoms with Crippen LogP contribution in [0.5, 0.6) is 0 Å². The van der Waals surface area contributed by atoms with Crippen molar-refractivity contribution in [2.45, 2.75) is 18.9 Å². The van der Waals surface area contributed by atoms with Crippen molar-refractivity contribution in [2.24, 2.45) is 0 Å².